The van der Waals surface area contributed by atoms with Crippen molar-refractivity contribution in [1.82, 2.24) is 5.32 Å². The van der Waals surface area contributed by atoms with Crippen LogP contribution in [-0.2, 0) is 21.2 Å². The number of hydrogen-bond donors (Lipinski definition) is 1. The van der Waals surface area contributed by atoms with Crippen LogP contribution in [0.25, 0.3) is 0 Å². The fraction of sp³-hybridized carbons (Fsp3) is 0.381. The fourth-order valence-corrected chi connectivity index (χ4v) is 4.30. The second kappa shape index (κ2) is 9.68. The summed E-state index contributed by atoms with van der Waals surface area (Å²) >= 11 is 0. The van der Waals surface area contributed by atoms with Gasteiger partial charge in [-0.2, -0.15) is 0 Å². The summed E-state index contributed by atoms with van der Waals surface area (Å²) in [4.78, 5) is 12.8. The first-order valence-corrected chi connectivity index (χ1v) is 11.2. The van der Waals surface area contributed by atoms with Crippen molar-refractivity contribution in [1.29, 1.82) is 0 Å². The summed E-state index contributed by atoms with van der Waals surface area (Å²) in [5, 5.41) is 2.92. The van der Waals surface area contributed by atoms with Gasteiger partial charge in [-0.25, -0.2) is 12.8 Å². The molecule has 1 amide bonds. The van der Waals surface area contributed by atoms with Gasteiger partial charge in [0.1, 0.15) is 11.9 Å². The van der Waals surface area contributed by atoms with E-state index in [1.165, 1.54) is 29.8 Å². The molecule has 0 saturated heterocycles. The van der Waals surface area contributed by atoms with Gasteiger partial charge in [0.25, 0.3) is 0 Å². The number of aryl methyl sites for hydroxylation is 1. The van der Waals surface area contributed by atoms with Gasteiger partial charge in [0.05, 0.1) is 11.9 Å². The predicted molar refractivity (Wildman–Crippen MR) is 110 cm³/mol. The number of carbonyl (C=O) groups is 1. The van der Waals surface area contributed by atoms with E-state index in [1.807, 2.05) is 37.3 Å². The largest absolute Gasteiger partial charge is 0.352 e. The van der Waals surface area contributed by atoms with Crippen molar-refractivity contribution < 1.29 is 17.6 Å². The number of nitrogens with zero attached hydrogens (tertiary/aromatic N) is 1. The number of benzene rings is 2. The first-order chi connectivity index (χ1) is 13.2. The number of anilines is 1. The molecule has 0 unspecified atom stereocenters. The topological polar surface area (TPSA) is 66.5 Å². The van der Waals surface area contributed by atoms with Crippen molar-refractivity contribution in [2.45, 2.75) is 45.2 Å². The molecule has 7 heteroatoms. The molecule has 152 valence electrons. The summed E-state index contributed by atoms with van der Waals surface area (Å²) in [7, 11) is -3.73. The Bertz CT molecular complexity index is 870. The normalized spacial score (nSPS) is 13.6. The molecular formula is C21H27FN2O3S. The van der Waals surface area contributed by atoms with Crippen LogP contribution >= 0.6 is 0 Å². The van der Waals surface area contributed by atoms with E-state index in [9.17, 15) is 17.6 Å². The summed E-state index contributed by atoms with van der Waals surface area (Å²) in [6.45, 7) is 3.65. The predicted octanol–water partition coefficient (Wildman–Crippen LogP) is 3.51. The van der Waals surface area contributed by atoms with Gasteiger partial charge in [0.15, 0.2) is 0 Å². The Morgan fingerprint density at radius 1 is 1.11 bits per heavy atom. The number of nitrogens with one attached hydrogen (secondary N) is 1. The van der Waals surface area contributed by atoms with Crippen LogP contribution in [0.3, 0.4) is 0 Å². The van der Waals surface area contributed by atoms with Gasteiger partial charge in [-0.1, -0.05) is 37.3 Å². The standard InChI is InChI=1S/C21H27FN2O3S/c1-4-20(24(28(3,26)27)19-14-12-18(22)13-15-19)21(25)23-16(2)10-11-17-8-6-5-7-9-17/h5-9,12-16,20H,4,10-11H2,1-3H3,(H,23,25)/t16-,20-/m1/s1. The third-order valence-electron chi connectivity index (χ3n) is 4.51. The highest BCUT2D eigenvalue weighted by Gasteiger charge is 2.31. The molecule has 28 heavy (non-hydrogen) atoms. The highest BCUT2D eigenvalue weighted by molar-refractivity contribution is 7.92. The molecule has 0 aromatic heterocycles. The molecule has 1 N–H and O–H groups in total. The molecule has 2 aromatic carbocycles. The summed E-state index contributed by atoms with van der Waals surface area (Å²) in [6.07, 6.45) is 2.89. The van der Waals surface area contributed by atoms with Crippen molar-refractivity contribution in [2.24, 2.45) is 0 Å². The van der Waals surface area contributed by atoms with Gasteiger partial charge in [-0.05, 0) is 56.0 Å². The van der Waals surface area contributed by atoms with Crippen molar-refractivity contribution >= 4 is 21.6 Å². The number of rotatable bonds is 9. The minimum absolute atomic E-state index is 0.114. The lowest BCUT2D eigenvalue weighted by Gasteiger charge is -2.31. The van der Waals surface area contributed by atoms with E-state index in [-0.39, 0.29) is 17.6 Å². The maximum Gasteiger partial charge on any atom is 0.244 e. The van der Waals surface area contributed by atoms with Crippen LogP contribution in [0.4, 0.5) is 10.1 Å². The Morgan fingerprint density at radius 2 is 1.71 bits per heavy atom. The fourth-order valence-electron chi connectivity index (χ4n) is 3.09. The van der Waals surface area contributed by atoms with Crippen molar-refractivity contribution in [3.05, 3.63) is 66.0 Å². The number of halogens is 1. The van der Waals surface area contributed by atoms with Crippen LogP contribution in [0, 0.1) is 5.82 Å². The Morgan fingerprint density at radius 3 is 2.25 bits per heavy atom. The summed E-state index contributed by atoms with van der Waals surface area (Å²) in [5.74, 6) is -0.831. The van der Waals surface area contributed by atoms with Gasteiger partial charge in [0.2, 0.25) is 15.9 Å². The molecule has 0 radical (unpaired) electrons. The number of carbonyl (C=O) groups excluding carboxylic acids is 1. The quantitative estimate of drug-likeness (QED) is 0.693. The molecule has 0 saturated carbocycles. The first kappa shape index (κ1) is 21.9. The van der Waals surface area contributed by atoms with E-state index in [4.69, 9.17) is 0 Å². The van der Waals surface area contributed by atoms with Crippen molar-refractivity contribution in [3.63, 3.8) is 0 Å². The van der Waals surface area contributed by atoms with Crippen LogP contribution in [0.2, 0.25) is 0 Å². The minimum atomic E-state index is -3.73. The van der Waals surface area contributed by atoms with E-state index in [1.54, 1.807) is 6.92 Å². The molecule has 2 aromatic rings. The Hall–Kier alpha value is -2.41. The van der Waals surface area contributed by atoms with Gasteiger partial charge in [-0.3, -0.25) is 9.10 Å². The average molecular weight is 407 g/mol. The molecule has 0 fully saturated rings. The second-order valence-electron chi connectivity index (χ2n) is 6.89. The number of sulfonamides is 1. The third kappa shape index (κ3) is 6.05. The van der Waals surface area contributed by atoms with E-state index in [0.717, 1.165) is 23.4 Å². The first-order valence-electron chi connectivity index (χ1n) is 9.31. The van der Waals surface area contributed by atoms with E-state index >= 15 is 0 Å². The molecule has 0 aliphatic carbocycles. The molecule has 0 aliphatic heterocycles. The maximum absolute atomic E-state index is 13.2. The summed E-state index contributed by atoms with van der Waals surface area (Å²) < 4.78 is 39.0. The zero-order valence-corrected chi connectivity index (χ0v) is 17.2. The minimum Gasteiger partial charge on any atom is -0.352 e. The zero-order valence-electron chi connectivity index (χ0n) is 16.4. The maximum atomic E-state index is 13.2. The van der Waals surface area contributed by atoms with Gasteiger partial charge in [-0.15, -0.1) is 0 Å². The number of amides is 1. The molecule has 0 bridgehead atoms. The Labute approximate surface area is 166 Å². The van der Waals surface area contributed by atoms with Crippen molar-refractivity contribution in [3.8, 4) is 0 Å². The second-order valence-corrected chi connectivity index (χ2v) is 8.75. The third-order valence-corrected chi connectivity index (χ3v) is 5.69. The molecule has 0 heterocycles. The van der Waals surface area contributed by atoms with Crippen LogP contribution < -0.4 is 9.62 Å². The lowest BCUT2D eigenvalue weighted by atomic mass is 10.1. The lowest BCUT2D eigenvalue weighted by molar-refractivity contribution is -0.122. The molecular weight excluding hydrogens is 379 g/mol. The van der Waals surface area contributed by atoms with Gasteiger partial charge in [0, 0.05) is 6.04 Å². The van der Waals surface area contributed by atoms with Gasteiger partial charge >= 0.3 is 0 Å². The molecule has 2 atom stereocenters. The molecule has 0 spiro atoms. The SMILES string of the molecule is CC[C@H](C(=O)N[C@H](C)CCc1ccccc1)N(c1ccc(F)cc1)S(C)(=O)=O. The number of hydrogen-bond acceptors (Lipinski definition) is 3. The van der Waals surface area contributed by atoms with Crippen LogP contribution in [0.5, 0.6) is 0 Å². The molecule has 5 nitrogen and oxygen atoms in total. The van der Waals surface area contributed by atoms with E-state index in [0.29, 0.717) is 6.42 Å². The highest BCUT2D eigenvalue weighted by atomic mass is 32.2. The van der Waals surface area contributed by atoms with E-state index < -0.39 is 21.9 Å². The molecule has 2 rings (SSSR count). The van der Waals surface area contributed by atoms with Crippen LogP contribution in [0.1, 0.15) is 32.3 Å². The highest BCUT2D eigenvalue weighted by Crippen LogP contribution is 2.23. The van der Waals surface area contributed by atoms with Crippen LogP contribution in [0.15, 0.2) is 54.6 Å². The lowest BCUT2D eigenvalue weighted by Crippen LogP contribution is -2.51. The summed E-state index contributed by atoms with van der Waals surface area (Å²) in [6, 6.07) is 14.0. The average Bonchev–Trinajstić information content (AvgIpc) is 2.65. The zero-order chi connectivity index (χ0) is 20.7. The van der Waals surface area contributed by atoms with Gasteiger partial charge < -0.3 is 5.32 Å². The van der Waals surface area contributed by atoms with Crippen LogP contribution in [-0.4, -0.2) is 32.7 Å². The monoisotopic (exact) mass is 406 g/mol. The smallest absolute Gasteiger partial charge is 0.244 e. The summed E-state index contributed by atoms with van der Waals surface area (Å²) in [5.41, 5.74) is 1.45. The van der Waals surface area contributed by atoms with Crippen molar-refractivity contribution in [2.75, 3.05) is 10.6 Å². The molecule has 0 aliphatic rings. The Kier molecular flexibility index (Phi) is 7.57. The van der Waals surface area contributed by atoms with E-state index in [2.05, 4.69) is 5.32 Å². The Balaban J connectivity index is 2.11.